The van der Waals surface area contributed by atoms with Gasteiger partial charge in [-0.05, 0) is 54.1 Å². The second-order valence-corrected chi connectivity index (χ2v) is 10.8. The Kier molecular flexibility index (Phi) is 5.62. The molecule has 212 valence electrons. The van der Waals surface area contributed by atoms with E-state index in [1.54, 1.807) is 42.5 Å². The van der Waals surface area contributed by atoms with E-state index in [-0.39, 0.29) is 33.2 Å². The van der Waals surface area contributed by atoms with E-state index in [9.17, 15) is 40.0 Å². The van der Waals surface area contributed by atoms with Crippen LogP contribution >= 0.6 is 0 Å². The largest absolute Gasteiger partial charge is 0.733 e. The monoisotopic (exact) mass is 566 g/mol. The molecule has 2 N–H and O–H groups in total. The summed E-state index contributed by atoms with van der Waals surface area (Å²) in [6, 6.07) is 19.5. The lowest BCUT2D eigenvalue weighted by Crippen LogP contribution is -2.60. The fraction of sp³-hybridized carbons (Fsp3) is 0.200. The Bertz CT molecular complexity index is 1560. The molecule has 2 aliphatic heterocycles. The quantitative estimate of drug-likeness (QED) is 0.266. The maximum absolute atomic E-state index is 14.2. The van der Waals surface area contributed by atoms with Crippen LogP contribution in [-0.4, -0.2) is 34.0 Å². The first-order chi connectivity index (χ1) is 20.2. The summed E-state index contributed by atoms with van der Waals surface area (Å²) in [5.74, 6) is -6.67. The Balaban J connectivity index is 1.36. The van der Waals surface area contributed by atoms with E-state index in [0.29, 0.717) is 5.56 Å². The summed E-state index contributed by atoms with van der Waals surface area (Å²) in [4.78, 5) is 58.7. The third-order valence-electron chi connectivity index (χ3n) is 9.09. The van der Waals surface area contributed by atoms with Gasteiger partial charge >= 0.3 is 0 Å². The highest BCUT2D eigenvalue weighted by Gasteiger charge is 2.75. The standard InChI is InChI=1S/C30H22N4O8/c35-26-22-21-14-15-30(16-4-2-1-3-5-16,24(22)28(37)31(26)17-6-10-19(11-7-17)33(39)40)25-23(21)27(36)32(29(25)38)18-8-12-20(13-9-18)34(41)42/h1-15,21-25,39,41H/q-2/t21?,22-,23-,24-,25+,30?/m0/s1. The van der Waals surface area contributed by atoms with Crippen LogP contribution in [0.1, 0.15) is 5.56 Å². The molecule has 6 atom stereocenters. The summed E-state index contributed by atoms with van der Waals surface area (Å²) in [6.07, 6.45) is 3.57. The topological polar surface area (TPSA) is 168 Å². The van der Waals surface area contributed by atoms with Crippen LogP contribution < -0.4 is 20.3 Å². The second kappa shape index (κ2) is 9.06. The number of rotatable bonds is 5. The Morgan fingerprint density at radius 3 is 1.45 bits per heavy atom. The molecule has 2 bridgehead atoms. The van der Waals surface area contributed by atoms with Gasteiger partial charge in [-0.15, -0.1) is 0 Å². The summed E-state index contributed by atoms with van der Waals surface area (Å²) in [5.41, 5.74) is -0.466. The molecule has 0 radical (unpaired) electrons. The number of amides is 4. The zero-order valence-electron chi connectivity index (χ0n) is 21.7. The van der Waals surface area contributed by atoms with E-state index < -0.39 is 58.6 Å². The predicted octanol–water partition coefficient (Wildman–Crippen LogP) is 3.12. The van der Waals surface area contributed by atoms with E-state index in [1.807, 2.05) is 0 Å². The van der Waals surface area contributed by atoms with Crippen molar-refractivity contribution in [3.8, 4) is 0 Å². The minimum absolute atomic E-state index is 0.0847. The van der Waals surface area contributed by atoms with Crippen molar-refractivity contribution >= 4 is 46.4 Å². The van der Waals surface area contributed by atoms with E-state index >= 15 is 0 Å². The van der Waals surface area contributed by atoms with Crippen molar-refractivity contribution < 1.29 is 29.6 Å². The molecule has 8 rings (SSSR count). The van der Waals surface area contributed by atoms with Crippen LogP contribution in [0.3, 0.4) is 0 Å². The van der Waals surface area contributed by atoms with Gasteiger partial charge in [-0.3, -0.25) is 29.6 Å². The van der Waals surface area contributed by atoms with Crippen molar-refractivity contribution in [2.75, 3.05) is 20.3 Å². The maximum atomic E-state index is 14.2. The fourth-order valence-corrected chi connectivity index (χ4v) is 7.45. The molecule has 3 aromatic rings. The Morgan fingerprint density at radius 2 is 1.05 bits per heavy atom. The van der Waals surface area contributed by atoms with Crippen molar-refractivity contribution in [3.63, 3.8) is 0 Å². The summed E-state index contributed by atoms with van der Waals surface area (Å²) >= 11 is 0. The molecule has 3 aliphatic carbocycles. The highest BCUT2D eigenvalue weighted by molar-refractivity contribution is 6.27. The molecule has 4 amide bonds. The molecule has 0 aromatic heterocycles. The molecule has 12 nitrogen and oxygen atoms in total. The van der Waals surface area contributed by atoms with Gasteiger partial charge in [-0.25, -0.2) is 9.80 Å². The highest BCUT2D eigenvalue weighted by atomic mass is 16.8. The molecular formula is C30H22N4O8-2. The number of carbonyl (C=O) groups is 4. The molecular weight excluding hydrogens is 544 g/mol. The van der Waals surface area contributed by atoms with Gasteiger partial charge < -0.3 is 20.9 Å². The highest BCUT2D eigenvalue weighted by Crippen LogP contribution is 2.65. The molecule has 3 aromatic carbocycles. The molecule has 42 heavy (non-hydrogen) atoms. The zero-order valence-corrected chi connectivity index (χ0v) is 21.7. The molecule has 3 fully saturated rings. The van der Waals surface area contributed by atoms with Crippen molar-refractivity contribution in [1.82, 2.24) is 0 Å². The summed E-state index contributed by atoms with van der Waals surface area (Å²) in [5, 5.41) is 40.3. The van der Waals surface area contributed by atoms with Crippen molar-refractivity contribution in [1.29, 1.82) is 0 Å². The number of hydrogen-bond acceptors (Lipinski definition) is 10. The van der Waals surface area contributed by atoms with Gasteiger partial charge in [0.05, 0.1) is 46.4 Å². The first-order valence-corrected chi connectivity index (χ1v) is 13.2. The SMILES string of the molecule is O=C1[C@@H]2[C@@H](C(=O)N1c1ccc(N([O-])O)cc1)C1C=CC2(c2ccccc2)[C@H]2C(=O)N(c3ccc(N([O-])O)cc3)C(=O)[C@@H]12. The van der Waals surface area contributed by atoms with Crippen molar-refractivity contribution in [2.45, 2.75) is 5.41 Å². The van der Waals surface area contributed by atoms with Crippen molar-refractivity contribution in [3.05, 3.63) is 107 Å². The zero-order chi connectivity index (χ0) is 29.5. The lowest BCUT2D eigenvalue weighted by atomic mass is 9.45. The van der Waals surface area contributed by atoms with E-state index in [1.165, 1.54) is 48.5 Å². The van der Waals surface area contributed by atoms with Gasteiger partial charge in [0.1, 0.15) is 0 Å². The van der Waals surface area contributed by atoms with E-state index in [2.05, 4.69) is 0 Å². The van der Waals surface area contributed by atoms with Gasteiger partial charge in [0.25, 0.3) is 0 Å². The van der Waals surface area contributed by atoms with Crippen LogP contribution in [0.2, 0.25) is 0 Å². The van der Waals surface area contributed by atoms with E-state index in [0.717, 1.165) is 9.80 Å². The third kappa shape index (κ3) is 3.31. The second-order valence-electron chi connectivity index (χ2n) is 10.8. The van der Waals surface area contributed by atoms with Gasteiger partial charge in [0.15, 0.2) is 0 Å². The van der Waals surface area contributed by atoms with Crippen LogP contribution in [0, 0.1) is 40.0 Å². The molecule has 2 heterocycles. The van der Waals surface area contributed by atoms with Crippen molar-refractivity contribution in [2.24, 2.45) is 29.6 Å². The predicted molar refractivity (Wildman–Crippen MR) is 148 cm³/mol. The first kappa shape index (κ1) is 26.0. The number of carbonyl (C=O) groups excluding carboxylic acids is 4. The van der Waals surface area contributed by atoms with Gasteiger partial charge in [0, 0.05) is 11.3 Å². The van der Waals surface area contributed by atoms with Crippen LogP contribution in [0.5, 0.6) is 0 Å². The first-order valence-electron chi connectivity index (χ1n) is 13.2. The number of allylic oxidation sites excluding steroid dienone is 2. The lowest BCUT2D eigenvalue weighted by Gasteiger charge is -2.53. The summed E-state index contributed by atoms with van der Waals surface area (Å²) in [7, 11) is 0. The maximum Gasteiger partial charge on any atom is 0.238 e. The minimum Gasteiger partial charge on any atom is -0.733 e. The van der Waals surface area contributed by atoms with Gasteiger partial charge in [-0.2, -0.15) is 0 Å². The molecule has 0 spiro atoms. The Labute approximate surface area is 238 Å². The smallest absolute Gasteiger partial charge is 0.238 e. The number of nitrogens with zero attached hydrogens (tertiary/aromatic N) is 4. The third-order valence-corrected chi connectivity index (χ3v) is 9.09. The van der Waals surface area contributed by atoms with Gasteiger partial charge in [0.2, 0.25) is 23.6 Å². The van der Waals surface area contributed by atoms with E-state index in [4.69, 9.17) is 0 Å². The molecule has 5 aliphatic rings. The Morgan fingerprint density at radius 1 is 0.619 bits per heavy atom. The average molecular weight is 567 g/mol. The minimum atomic E-state index is -1.32. The number of imide groups is 2. The number of benzene rings is 3. The normalized spacial score (nSPS) is 29.3. The van der Waals surface area contributed by atoms with Crippen LogP contribution in [-0.2, 0) is 24.6 Å². The van der Waals surface area contributed by atoms with Crippen LogP contribution in [0.15, 0.2) is 91.0 Å². The molecule has 2 unspecified atom stereocenters. The van der Waals surface area contributed by atoms with Crippen LogP contribution in [0.4, 0.5) is 22.7 Å². The van der Waals surface area contributed by atoms with Gasteiger partial charge in [-0.1, -0.05) is 42.5 Å². The van der Waals surface area contributed by atoms with Crippen LogP contribution in [0.25, 0.3) is 0 Å². The Hall–Kier alpha value is -4.88. The average Bonchev–Trinajstić information content (AvgIpc) is 3.44. The summed E-state index contributed by atoms with van der Waals surface area (Å²) in [6.45, 7) is 0. The molecule has 12 heteroatoms. The lowest BCUT2D eigenvalue weighted by molar-refractivity contribution is -0.140. The number of anilines is 4. The fourth-order valence-electron chi connectivity index (χ4n) is 7.45. The summed E-state index contributed by atoms with van der Waals surface area (Å²) < 4.78 is 0. The molecule has 2 saturated heterocycles. The molecule has 1 saturated carbocycles. The number of hydrogen-bond donors (Lipinski definition) is 2.